The Morgan fingerprint density at radius 3 is 1.71 bits per heavy atom. The van der Waals surface area contributed by atoms with E-state index in [9.17, 15) is 14.7 Å². The van der Waals surface area contributed by atoms with Gasteiger partial charge in [0, 0.05) is 26.3 Å². The van der Waals surface area contributed by atoms with Crippen LogP contribution < -0.4 is 4.90 Å². The summed E-state index contributed by atoms with van der Waals surface area (Å²) in [7, 11) is 3.95. The maximum absolute atomic E-state index is 12.8. The van der Waals surface area contributed by atoms with Crippen molar-refractivity contribution in [3.63, 3.8) is 0 Å². The summed E-state index contributed by atoms with van der Waals surface area (Å²) in [6, 6.07) is 7.37. The second-order valence-electron chi connectivity index (χ2n) is 10.3. The lowest BCUT2D eigenvalue weighted by atomic mass is 9.96. The maximum atomic E-state index is 12.8. The van der Waals surface area contributed by atoms with Gasteiger partial charge in [0.1, 0.15) is 0 Å². The first kappa shape index (κ1) is 28.9. The molecule has 0 saturated heterocycles. The van der Waals surface area contributed by atoms with Gasteiger partial charge in [-0.2, -0.15) is 0 Å². The van der Waals surface area contributed by atoms with Gasteiger partial charge in [-0.3, -0.25) is 9.59 Å². The van der Waals surface area contributed by atoms with Crippen LogP contribution in [0.5, 0.6) is 0 Å². The normalized spacial score (nSPS) is 15.8. The predicted octanol–water partition coefficient (Wildman–Crippen LogP) is 7.52. The van der Waals surface area contributed by atoms with Crippen LogP contribution in [0.1, 0.15) is 115 Å². The topological polar surface area (TPSA) is 60.9 Å². The molecule has 1 N–H and O–H groups in total. The highest BCUT2D eigenvalue weighted by Crippen LogP contribution is 2.38. The van der Waals surface area contributed by atoms with Crippen molar-refractivity contribution in [3.8, 4) is 0 Å². The zero-order valence-electron chi connectivity index (χ0n) is 22.7. The lowest BCUT2D eigenvalue weighted by Crippen LogP contribution is -2.32. The van der Waals surface area contributed by atoms with E-state index in [1.165, 1.54) is 84.0 Å². The highest BCUT2D eigenvalue weighted by Gasteiger charge is 2.41. The number of unbranched alkanes of at least 4 members (excludes halogenated alkanes) is 13. The van der Waals surface area contributed by atoms with Crippen molar-refractivity contribution in [3.05, 3.63) is 41.2 Å². The highest BCUT2D eigenvalue weighted by atomic mass is 16.3. The summed E-state index contributed by atoms with van der Waals surface area (Å²) in [5, 5.41) is 10.4. The van der Waals surface area contributed by atoms with E-state index in [0.717, 1.165) is 24.1 Å². The van der Waals surface area contributed by atoms with Crippen molar-refractivity contribution in [2.75, 3.05) is 25.5 Å². The van der Waals surface area contributed by atoms with E-state index in [2.05, 4.69) is 6.92 Å². The number of hydrogen-bond acceptors (Lipinski definition) is 4. The molecule has 1 atom stereocenters. The smallest absolute Gasteiger partial charge is 0.290 e. The molecule has 0 radical (unpaired) electrons. The Morgan fingerprint density at radius 1 is 0.829 bits per heavy atom. The molecule has 0 aliphatic carbocycles. The van der Waals surface area contributed by atoms with E-state index in [1.54, 1.807) is 4.90 Å². The SMILES string of the molecule is CCCCCCCCCCCCCCCCN1C(=O)C(O)=C(C(C)=O)C1c1ccc(N(C)C)cc1. The average Bonchev–Trinajstić information content (AvgIpc) is 3.09. The molecule has 1 unspecified atom stereocenters. The zero-order valence-corrected chi connectivity index (χ0v) is 22.7. The summed E-state index contributed by atoms with van der Waals surface area (Å²) in [6.07, 6.45) is 18.0. The Labute approximate surface area is 213 Å². The molecule has 5 nitrogen and oxygen atoms in total. The minimum atomic E-state index is -0.502. The maximum Gasteiger partial charge on any atom is 0.290 e. The van der Waals surface area contributed by atoms with Gasteiger partial charge in [-0.25, -0.2) is 0 Å². The molecule has 0 fully saturated rings. The minimum Gasteiger partial charge on any atom is -0.503 e. The predicted molar refractivity (Wildman–Crippen MR) is 146 cm³/mol. The molecule has 5 heteroatoms. The Balaban J connectivity index is 1.74. The van der Waals surface area contributed by atoms with Crippen LogP contribution in [-0.2, 0) is 9.59 Å². The summed E-state index contributed by atoms with van der Waals surface area (Å²) in [5.41, 5.74) is 2.13. The van der Waals surface area contributed by atoms with Crippen molar-refractivity contribution < 1.29 is 14.7 Å². The van der Waals surface area contributed by atoms with Gasteiger partial charge in [0.25, 0.3) is 5.91 Å². The number of carbonyl (C=O) groups is 2. The monoisotopic (exact) mass is 484 g/mol. The van der Waals surface area contributed by atoms with Gasteiger partial charge < -0.3 is 14.9 Å². The van der Waals surface area contributed by atoms with Crippen molar-refractivity contribution in [1.29, 1.82) is 0 Å². The number of amides is 1. The van der Waals surface area contributed by atoms with E-state index in [1.807, 2.05) is 43.3 Å². The fourth-order valence-electron chi connectivity index (χ4n) is 5.02. The number of Topliss-reactive ketones (excluding diaryl/α,β-unsaturated/α-hetero) is 1. The molecule has 196 valence electrons. The molecule has 1 amide bonds. The third-order valence-corrected chi connectivity index (χ3v) is 7.16. The van der Waals surface area contributed by atoms with Crippen LogP contribution in [0.4, 0.5) is 5.69 Å². The van der Waals surface area contributed by atoms with Crippen LogP contribution in [0.25, 0.3) is 0 Å². The van der Waals surface area contributed by atoms with Crippen LogP contribution in [0.2, 0.25) is 0 Å². The molecular weight excluding hydrogens is 436 g/mol. The molecule has 1 aromatic rings. The van der Waals surface area contributed by atoms with Crippen molar-refractivity contribution in [2.45, 2.75) is 110 Å². The number of nitrogens with zero attached hydrogens (tertiary/aromatic N) is 2. The average molecular weight is 485 g/mol. The van der Waals surface area contributed by atoms with Crippen molar-refractivity contribution in [1.82, 2.24) is 4.90 Å². The van der Waals surface area contributed by atoms with Gasteiger partial charge in [-0.15, -0.1) is 0 Å². The number of carbonyl (C=O) groups excluding carboxylic acids is 2. The third kappa shape index (κ3) is 9.01. The van der Waals surface area contributed by atoms with E-state index in [4.69, 9.17) is 0 Å². The highest BCUT2D eigenvalue weighted by molar-refractivity contribution is 6.08. The number of ketones is 1. The molecule has 0 saturated carbocycles. The lowest BCUT2D eigenvalue weighted by molar-refractivity contribution is -0.129. The number of anilines is 1. The largest absolute Gasteiger partial charge is 0.503 e. The molecule has 2 rings (SSSR count). The number of hydrogen-bond donors (Lipinski definition) is 1. The van der Waals surface area contributed by atoms with E-state index < -0.39 is 11.9 Å². The van der Waals surface area contributed by atoms with E-state index >= 15 is 0 Å². The Morgan fingerprint density at radius 2 is 1.29 bits per heavy atom. The fraction of sp³-hybridized carbons (Fsp3) is 0.667. The van der Waals surface area contributed by atoms with Gasteiger partial charge >= 0.3 is 0 Å². The van der Waals surface area contributed by atoms with Crippen LogP contribution in [0.15, 0.2) is 35.6 Å². The minimum absolute atomic E-state index is 0.220. The molecule has 0 aromatic heterocycles. The summed E-state index contributed by atoms with van der Waals surface area (Å²) in [5.74, 6) is -1.06. The van der Waals surface area contributed by atoms with Gasteiger partial charge in [0.15, 0.2) is 11.5 Å². The van der Waals surface area contributed by atoms with Crippen LogP contribution >= 0.6 is 0 Å². The zero-order chi connectivity index (χ0) is 25.6. The first-order chi connectivity index (χ1) is 16.9. The number of aliphatic hydroxyl groups is 1. The molecular formula is C30H48N2O3. The molecule has 0 bridgehead atoms. The van der Waals surface area contributed by atoms with Crippen molar-refractivity contribution >= 4 is 17.4 Å². The Bertz CT molecular complexity index is 813. The van der Waals surface area contributed by atoms with E-state index in [0.29, 0.717) is 6.54 Å². The first-order valence-corrected chi connectivity index (χ1v) is 13.9. The lowest BCUT2D eigenvalue weighted by Gasteiger charge is -2.27. The van der Waals surface area contributed by atoms with E-state index in [-0.39, 0.29) is 17.1 Å². The van der Waals surface area contributed by atoms with Crippen molar-refractivity contribution in [2.24, 2.45) is 0 Å². The molecule has 0 spiro atoms. The van der Waals surface area contributed by atoms with Crippen LogP contribution in [0.3, 0.4) is 0 Å². The van der Waals surface area contributed by atoms with Gasteiger partial charge in [-0.05, 0) is 31.0 Å². The number of rotatable bonds is 18. The quantitative estimate of drug-likeness (QED) is 0.219. The van der Waals surface area contributed by atoms with Gasteiger partial charge in [-0.1, -0.05) is 103 Å². The fourth-order valence-corrected chi connectivity index (χ4v) is 5.02. The Kier molecular flexibility index (Phi) is 12.9. The molecule has 35 heavy (non-hydrogen) atoms. The van der Waals surface area contributed by atoms with Crippen LogP contribution in [-0.4, -0.2) is 42.3 Å². The summed E-state index contributed by atoms with van der Waals surface area (Å²) >= 11 is 0. The number of benzene rings is 1. The Hall–Kier alpha value is -2.30. The summed E-state index contributed by atoms with van der Waals surface area (Å²) in [4.78, 5) is 28.8. The summed E-state index contributed by atoms with van der Waals surface area (Å²) < 4.78 is 0. The third-order valence-electron chi connectivity index (χ3n) is 7.16. The molecule has 1 aliphatic heterocycles. The molecule has 1 aromatic carbocycles. The number of aliphatic hydroxyl groups excluding tert-OH is 1. The van der Waals surface area contributed by atoms with Crippen LogP contribution in [0, 0.1) is 0 Å². The second-order valence-corrected chi connectivity index (χ2v) is 10.3. The standard InChI is InChI=1S/C30H48N2O3/c1-5-6-7-8-9-10-11-12-13-14-15-16-17-18-23-32-28(27(24(2)33)29(34)30(32)35)25-19-21-26(22-20-25)31(3)4/h19-22,28,34H,5-18,23H2,1-4H3. The van der Waals surface area contributed by atoms with Gasteiger partial charge in [0.05, 0.1) is 11.6 Å². The summed E-state index contributed by atoms with van der Waals surface area (Å²) in [6.45, 7) is 4.24. The molecule has 1 aliphatic rings. The van der Waals surface area contributed by atoms with Gasteiger partial charge in [0.2, 0.25) is 0 Å². The molecule has 1 heterocycles. The second kappa shape index (κ2) is 15.6. The first-order valence-electron chi connectivity index (χ1n) is 13.9.